The molecule has 1 fully saturated rings. The van der Waals surface area contributed by atoms with Crippen molar-refractivity contribution in [3.8, 4) is 0 Å². The van der Waals surface area contributed by atoms with Crippen LogP contribution in [0.1, 0.15) is 42.9 Å². The van der Waals surface area contributed by atoms with Crippen LogP contribution in [-0.2, 0) is 0 Å². The summed E-state index contributed by atoms with van der Waals surface area (Å²) < 4.78 is 13.6. The first-order valence-corrected chi connectivity index (χ1v) is 6.80. The lowest BCUT2D eigenvalue weighted by Gasteiger charge is -2.12. The van der Waals surface area contributed by atoms with Crippen LogP contribution in [-0.4, -0.2) is 4.98 Å². The van der Waals surface area contributed by atoms with Crippen LogP contribution in [0.5, 0.6) is 0 Å². The first-order chi connectivity index (χ1) is 8.66. The molecule has 1 aliphatic rings. The van der Waals surface area contributed by atoms with E-state index in [1.165, 1.54) is 31.7 Å². The minimum atomic E-state index is -0.213. The topological polar surface area (TPSA) is 12.9 Å². The molecule has 2 aromatic rings. The van der Waals surface area contributed by atoms with Gasteiger partial charge in [-0.05, 0) is 38.0 Å². The van der Waals surface area contributed by atoms with E-state index in [4.69, 9.17) is 11.6 Å². The fraction of sp³-hybridized carbons (Fsp3) is 0.400. The van der Waals surface area contributed by atoms with Gasteiger partial charge in [-0.1, -0.05) is 24.4 Å². The van der Waals surface area contributed by atoms with Crippen LogP contribution < -0.4 is 0 Å². The molecule has 1 aliphatic carbocycles. The normalized spacial score (nSPS) is 16.6. The summed E-state index contributed by atoms with van der Waals surface area (Å²) in [4.78, 5) is 4.65. The van der Waals surface area contributed by atoms with Gasteiger partial charge in [0.1, 0.15) is 5.82 Å². The minimum Gasteiger partial charge on any atom is -0.252 e. The largest absolute Gasteiger partial charge is 0.252 e. The van der Waals surface area contributed by atoms with Gasteiger partial charge in [0.15, 0.2) is 0 Å². The number of rotatable bonds is 1. The fourth-order valence-corrected chi connectivity index (χ4v) is 3.08. The van der Waals surface area contributed by atoms with Crippen molar-refractivity contribution in [3.63, 3.8) is 0 Å². The van der Waals surface area contributed by atoms with Crippen LogP contribution >= 0.6 is 11.6 Å². The molecule has 18 heavy (non-hydrogen) atoms. The van der Waals surface area contributed by atoms with Gasteiger partial charge in [0.2, 0.25) is 0 Å². The van der Waals surface area contributed by atoms with Gasteiger partial charge in [0.25, 0.3) is 0 Å². The van der Waals surface area contributed by atoms with E-state index in [9.17, 15) is 4.39 Å². The number of fused-ring (bicyclic) bond motifs is 1. The lowest BCUT2D eigenvalue weighted by atomic mass is 10.0. The predicted molar refractivity (Wildman–Crippen MR) is 72.7 cm³/mol. The molecule has 94 valence electrons. The van der Waals surface area contributed by atoms with Gasteiger partial charge in [0.05, 0.1) is 10.5 Å². The highest BCUT2D eigenvalue weighted by Crippen LogP contribution is 2.36. The predicted octanol–water partition coefficient (Wildman–Crippen LogP) is 4.99. The monoisotopic (exact) mass is 263 g/mol. The van der Waals surface area contributed by atoms with Crippen LogP contribution in [0.4, 0.5) is 4.39 Å². The van der Waals surface area contributed by atoms with E-state index in [1.54, 1.807) is 13.0 Å². The summed E-state index contributed by atoms with van der Waals surface area (Å²) in [5.41, 5.74) is 2.33. The van der Waals surface area contributed by atoms with E-state index < -0.39 is 0 Å². The second kappa shape index (κ2) is 4.51. The Bertz CT molecular complexity index is 603. The zero-order chi connectivity index (χ0) is 12.7. The van der Waals surface area contributed by atoms with Crippen LogP contribution in [0, 0.1) is 12.7 Å². The number of benzene rings is 1. The molecular formula is C15H15ClFN. The summed E-state index contributed by atoms with van der Waals surface area (Å²) in [6.45, 7) is 1.76. The van der Waals surface area contributed by atoms with Crippen molar-refractivity contribution in [1.82, 2.24) is 4.98 Å². The number of aryl methyl sites for hydroxylation is 1. The maximum absolute atomic E-state index is 13.6. The third-order valence-corrected chi connectivity index (χ3v) is 4.22. The van der Waals surface area contributed by atoms with Crippen molar-refractivity contribution in [1.29, 1.82) is 0 Å². The first-order valence-electron chi connectivity index (χ1n) is 6.42. The molecule has 0 atom stereocenters. The average molecular weight is 264 g/mol. The summed E-state index contributed by atoms with van der Waals surface area (Å²) in [6.07, 6.45) is 4.85. The summed E-state index contributed by atoms with van der Waals surface area (Å²) >= 11 is 6.30. The van der Waals surface area contributed by atoms with Crippen LogP contribution in [0.25, 0.3) is 10.9 Å². The second-order valence-corrected chi connectivity index (χ2v) is 5.49. The van der Waals surface area contributed by atoms with E-state index >= 15 is 0 Å². The van der Waals surface area contributed by atoms with Crippen LogP contribution in [0.15, 0.2) is 18.2 Å². The zero-order valence-electron chi connectivity index (χ0n) is 10.3. The third kappa shape index (κ3) is 1.89. The maximum Gasteiger partial charge on any atom is 0.128 e. The summed E-state index contributed by atoms with van der Waals surface area (Å²) in [6, 6.07) is 5.13. The fourth-order valence-electron chi connectivity index (χ4n) is 2.81. The van der Waals surface area contributed by atoms with Gasteiger partial charge in [-0.15, -0.1) is 0 Å². The van der Waals surface area contributed by atoms with E-state index in [0.717, 1.165) is 11.1 Å². The zero-order valence-corrected chi connectivity index (χ0v) is 11.1. The molecule has 1 nitrogen and oxygen atoms in total. The van der Waals surface area contributed by atoms with Gasteiger partial charge >= 0.3 is 0 Å². The van der Waals surface area contributed by atoms with E-state index in [2.05, 4.69) is 4.98 Å². The van der Waals surface area contributed by atoms with Gasteiger partial charge in [0, 0.05) is 22.6 Å². The molecule has 0 amide bonds. The third-order valence-electron chi connectivity index (χ3n) is 3.91. The lowest BCUT2D eigenvalue weighted by molar-refractivity contribution is 0.620. The van der Waals surface area contributed by atoms with Crippen molar-refractivity contribution in [2.45, 2.75) is 38.5 Å². The van der Waals surface area contributed by atoms with Crippen molar-refractivity contribution < 1.29 is 4.39 Å². The number of hydrogen-bond donors (Lipinski definition) is 0. The van der Waals surface area contributed by atoms with Crippen molar-refractivity contribution in [3.05, 3.63) is 40.3 Å². The molecule has 0 radical (unpaired) electrons. The van der Waals surface area contributed by atoms with Gasteiger partial charge in [-0.3, -0.25) is 4.98 Å². The quantitative estimate of drug-likeness (QED) is 0.706. The Morgan fingerprint density at radius 1 is 1.28 bits per heavy atom. The number of halogens is 2. The van der Waals surface area contributed by atoms with Gasteiger partial charge in [-0.25, -0.2) is 4.39 Å². The average Bonchev–Trinajstić information content (AvgIpc) is 2.88. The standard InChI is InChI=1S/C15H15ClFN/c1-9-13(17)7-6-11-12(16)8-14(18-15(9)11)10-4-2-3-5-10/h6-8,10H,2-5H2,1H3. The molecular weight excluding hydrogens is 249 g/mol. The van der Waals surface area contributed by atoms with E-state index in [1.807, 2.05) is 6.07 Å². The Balaban J connectivity index is 2.21. The molecule has 0 spiro atoms. The first kappa shape index (κ1) is 11.9. The van der Waals surface area contributed by atoms with Crippen LogP contribution in [0.2, 0.25) is 5.02 Å². The van der Waals surface area contributed by atoms with Crippen molar-refractivity contribution in [2.24, 2.45) is 0 Å². The van der Waals surface area contributed by atoms with Gasteiger partial charge in [-0.2, -0.15) is 0 Å². The Kier molecular flexibility index (Phi) is 2.98. The molecule has 0 N–H and O–H groups in total. The highest BCUT2D eigenvalue weighted by atomic mass is 35.5. The summed E-state index contributed by atoms with van der Waals surface area (Å²) in [5.74, 6) is 0.282. The molecule has 1 heterocycles. The maximum atomic E-state index is 13.6. The summed E-state index contributed by atoms with van der Waals surface area (Å²) in [7, 11) is 0. The number of pyridine rings is 1. The molecule has 1 saturated carbocycles. The highest BCUT2D eigenvalue weighted by molar-refractivity contribution is 6.35. The number of hydrogen-bond acceptors (Lipinski definition) is 1. The molecule has 0 aliphatic heterocycles. The molecule has 0 bridgehead atoms. The second-order valence-electron chi connectivity index (χ2n) is 5.08. The van der Waals surface area contributed by atoms with E-state index in [0.29, 0.717) is 22.0 Å². The lowest BCUT2D eigenvalue weighted by Crippen LogP contribution is -1.99. The van der Waals surface area contributed by atoms with Crippen LogP contribution in [0.3, 0.4) is 0 Å². The Morgan fingerprint density at radius 2 is 2.00 bits per heavy atom. The number of aromatic nitrogens is 1. The Morgan fingerprint density at radius 3 is 2.72 bits per heavy atom. The van der Waals surface area contributed by atoms with Gasteiger partial charge < -0.3 is 0 Å². The SMILES string of the molecule is Cc1c(F)ccc2c(Cl)cc(C3CCCC3)nc12. The summed E-state index contributed by atoms with van der Waals surface area (Å²) in [5, 5.41) is 1.53. The molecule has 3 heteroatoms. The molecule has 0 unspecified atom stereocenters. The van der Waals surface area contributed by atoms with Crippen molar-refractivity contribution in [2.75, 3.05) is 0 Å². The minimum absolute atomic E-state index is 0.213. The molecule has 3 rings (SSSR count). The molecule has 1 aromatic heterocycles. The van der Waals surface area contributed by atoms with E-state index in [-0.39, 0.29) is 5.82 Å². The smallest absolute Gasteiger partial charge is 0.128 e. The number of nitrogens with zero attached hydrogens (tertiary/aromatic N) is 1. The Hall–Kier alpha value is -1.15. The van der Waals surface area contributed by atoms with Crippen molar-refractivity contribution >= 4 is 22.5 Å². The highest BCUT2D eigenvalue weighted by Gasteiger charge is 2.20. The Labute approximate surface area is 111 Å². The molecule has 0 saturated heterocycles. The molecule has 1 aromatic carbocycles.